The molecule has 0 aliphatic rings. The van der Waals surface area contributed by atoms with Crippen molar-refractivity contribution in [3.63, 3.8) is 0 Å². The number of carboxylic acids is 1. The average Bonchev–Trinajstić information content (AvgIpc) is 2.93. The van der Waals surface area contributed by atoms with Gasteiger partial charge in [0.15, 0.2) is 0 Å². The van der Waals surface area contributed by atoms with Gasteiger partial charge in [-0.2, -0.15) is 0 Å². The maximum absolute atomic E-state index is 11.9. The van der Waals surface area contributed by atoms with Gasteiger partial charge in [-0.15, -0.1) is 11.3 Å². The van der Waals surface area contributed by atoms with Crippen LogP contribution in [0.3, 0.4) is 0 Å². The van der Waals surface area contributed by atoms with E-state index < -0.39 is 11.4 Å². The maximum atomic E-state index is 11.9. The molecule has 122 valence electrons. The van der Waals surface area contributed by atoms with Gasteiger partial charge in [0.05, 0.1) is 17.5 Å². The van der Waals surface area contributed by atoms with Crippen LogP contribution in [0.4, 0.5) is 0 Å². The summed E-state index contributed by atoms with van der Waals surface area (Å²) in [6.45, 7) is 3.23. The van der Waals surface area contributed by atoms with Crippen LogP contribution in [-0.4, -0.2) is 28.5 Å². The molecule has 0 saturated carbocycles. The van der Waals surface area contributed by atoms with Crippen molar-refractivity contribution in [1.29, 1.82) is 0 Å². The monoisotopic (exact) mass is 396 g/mol. The van der Waals surface area contributed by atoms with Gasteiger partial charge in [-0.05, 0) is 26.0 Å². The number of rotatable bonds is 6. The lowest BCUT2D eigenvalue weighted by molar-refractivity contribution is -0.146. The third-order valence-corrected chi connectivity index (χ3v) is 4.70. The van der Waals surface area contributed by atoms with Crippen molar-refractivity contribution in [2.45, 2.75) is 20.3 Å². The van der Waals surface area contributed by atoms with Gasteiger partial charge < -0.3 is 10.4 Å². The summed E-state index contributed by atoms with van der Waals surface area (Å²) < 4.78 is 0.973. The average molecular weight is 397 g/mol. The predicted octanol–water partition coefficient (Wildman–Crippen LogP) is 3.34. The summed E-state index contributed by atoms with van der Waals surface area (Å²) in [6.07, 6.45) is 0.139. The van der Waals surface area contributed by atoms with Crippen molar-refractivity contribution in [3.05, 3.63) is 39.8 Å². The molecule has 7 heteroatoms. The summed E-state index contributed by atoms with van der Waals surface area (Å²) >= 11 is 4.90. The molecule has 1 aromatic heterocycles. The number of nitrogens with zero attached hydrogens (tertiary/aromatic N) is 1. The number of nitrogens with one attached hydrogen (secondary N) is 1. The Hall–Kier alpha value is -1.73. The molecule has 0 unspecified atom stereocenters. The van der Waals surface area contributed by atoms with E-state index >= 15 is 0 Å². The summed E-state index contributed by atoms with van der Waals surface area (Å²) in [5.74, 6) is -1.17. The highest BCUT2D eigenvalue weighted by Crippen LogP contribution is 2.26. The van der Waals surface area contributed by atoms with E-state index in [0.717, 1.165) is 15.0 Å². The van der Waals surface area contributed by atoms with Crippen LogP contribution in [0, 0.1) is 5.41 Å². The first-order chi connectivity index (χ1) is 10.8. The van der Waals surface area contributed by atoms with Gasteiger partial charge in [0, 0.05) is 22.0 Å². The highest BCUT2D eigenvalue weighted by atomic mass is 79.9. The quantitative estimate of drug-likeness (QED) is 0.784. The largest absolute Gasteiger partial charge is 0.481 e. The molecule has 2 aromatic rings. The normalized spacial score (nSPS) is 11.3. The second kappa shape index (κ2) is 7.23. The minimum atomic E-state index is -0.987. The molecule has 0 aliphatic carbocycles. The first kappa shape index (κ1) is 17.6. The second-order valence-electron chi connectivity index (χ2n) is 5.80. The van der Waals surface area contributed by atoms with Gasteiger partial charge in [-0.1, -0.05) is 28.1 Å². The number of thiazole rings is 1. The van der Waals surface area contributed by atoms with Gasteiger partial charge in [-0.25, -0.2) is 4.98 Å². The van der Waals surface area contributed by atoms with Crippen molar-refractivity contribution >= 4 is 39.1 Å². The number of aliphatic carboxylic acids is 1. The number of aromatic nitrogens is 1. The minimum Gasteiger partial charge on any atom is -0.481 e. The first-order valence-electron chi connectivity index (χ1n) is 6.98. The molecule has 0 saturated heterocycles. The molecule has 1 heterocycles. The highest BCUT2D eigenvalue weighted by molar-refractivity contribution is 9.10. The Morgan fingerprint density at radius 3 is 2.78 bits per heavy atom. The van der Waals surface area contributed by atoms with Gasteiger partial charge in [-0.3, -0.25) is 9.59 Å². The number of amides is 1. The molecular formula is C16H17BrN2O3S. The Bertz CT molecular complexity index is 728. The summed E-state index contributed by atoms with van der Waals surface area (Å²) in [5.41, 5.74) is 0.679. The summed E-state index contributed by atoms with van der Waals surface area (Å²) in [6, 6.07) is 7.80. The van der Waals surface area contributed by atoms with Crippen molar-refractivity contribution in [3.8, 4) is 10.6 Å². The van der Waals surface area contributed by atoms with E-state index in [1.807, 2.05) is 29.6 Å². The fourth-order valence-electron chi connectivity index (χ4n) is 1.76. The smallest absolute Gasteiger partial charge is 0.310 e. The lowest BCUT2D eigenvalue weighted by Crippen LogP contribution is -2.39. The van der Waals surface area contributed by atoms with Crippen LogP contribution in [0.1, 0.15) is 19.5 Å². The summed E-state index contributed by atoms with van der Waals surface area (Å²) in [7, 11) is 0. The van der Waals surface area contributed by atoms with Crippen molar-refractivity contribution in [2.24, 2.45) is 5.41 Å². The van der Waals surface area contributed by atoms with E-state index in [-0.39, 0.29) is 18.9 Å². The van der Waals surface area contributed by atoms with E-state index in [1.54, 1.807) is 13.8 Å². The predicted molar refractivity (Wildman–Crippen MR) is 93.4 cm³/mol. The molecule has 0 spiro atoms. The number of benzene rings is 1. The third kappa shape index (κ3) is 4.87. The lowest BCUT2D eigenvalue weighted by atomic mass is 9.94. The number of carbonyl (C=O) groups excluding carboxylic acids is 1. The molecule has 0 bridgehead atoms. The zero-order valence-corrected chi connectivity index (χ0v) is 15.2. The molecule has 0 radical (unpaired) electrons. The molecule has 1 aromatic carbocycles. The van der Waals surface area contributed by atoms with Crippen LogP contribution in [0.2, 0.25) is 0 Å². The molecule has 5 nitrogen and oxygen atoms in total. The topological polar surface area (TPSA) is 79.3 Å². The second-order valence-corrected chi connectivity index (χ2v) is 7.57. The Balaban J connectivity index is 1.97. The minimum absolute atomic E-state index is 0.0871. The van der Waals surface area contributed by atoms with Crippen LogP contribution in [-0.2, 0) is 16.0 Å². The van der Waals surface area contributed by atoms with Gasteiger partial charge in [0.2, 0.25) is 5.91 Å². The molecule has 0 fully saturated rings. The molecule has 0 atom stereocenters. The third-order valence-electron chi connectivity index (χ3n) is 3.27. The van der Waals surface area contributed by atoms with E-state index in [1.165, 1.54) is 11.3 Å². The fourth-order valence-corrected chi connectivity index (χ4v) is 2.98. The molecular weight excluding hydrogens is 380 g/mol. The summed E-state index contributed by atoms with van der Waals surface area (Å²) in [4.78, 5) is 27.4. The Kier molecular flexibility index (Phi) is 5.54. The lowest BCUT2D eigenvalue weighted by Gasteiger charge is -2.19. The van der Waals surface area contributed by atoms with Crippen LogP contribution in [0.15, 0.2) is 34.1 Å². The van der Waals surface area contributed by atoms with Crippen LogP contribution < -0.4 is 5.32 Å². The highest BCUT2D eigenvalue weighted by Gasteiger charge is 2.27. The molecule has 2 rings (SSSR count). The van der Waals surface area contributed by atoms with E-state index in [9.17, 15) is 9.59 Å². The number of hydrogen-bond donors (Lipinski definition) is 2. The van der Waals surface area contributed by atoms with Gasteiger partial charge >= 0.3 is 5.97 Å². The SMILES string of the molecule is CC(C)(CNC(=O)Cc1csc(-c2cccc(Br)c2)n1)C(=O)O. The number of hydrogen-bond acceptors (Lipinski definition) is 4. The number of halogens is 1. The number of carboxylic acid groups (broad SMARTS) is 1. The fraction of sp³-hybridized carbons (Fsp3) is 0.312. The molecule has 23 heavy (non-hydrogen) atoms. The van der Waals surface area contributed by atoms with E-state index in [4.69, 9.17) is 5.11 Å². The zero-order chi connectivity index (χ0) is 17.0. The van der Waals surface area contributed by atoms with Gasteiger partial charge in [0.25, 0.3) is 0 Å². The zero-order valence-electron chi connectivity index (χ0n) is 12.8. The number of carbonyl (C=O) groups is 2. The first-order valence-corrected chi connectivity index (χ1v) is 8.65. The van der Waals surface area contributed by atoms with Crippen LogP contribution in [0.5, 0.6) is 0 Å². The Morgan fingerprint density at radius 1 is 1.39 bits per heavy atom. The molecule has 1 amide bonds. The van der Waals surface area contributed by atoms with Crippen molar-refractivity contribution < 1.29 is 14.7 Å². The van der Waals surface area contributed by atoms with Crippen LogP contribution in [0.25, 0.3) is 10.6 Å². The summed E-state index contributed by atoms with van der Waals surface area (Å²) in [5, 5.41) is 14.4. The Labute approximate surface area is 146 Å². The Morgan fingerprint density at radius 2 is 2.13 bits per heavy atom. The van der Waals surface area contributed by atoms with Crippen LogP contribution >= 0.6 is 27.3 Å². The van der Waals surface area contributed by atoms with E-state index in [0.29, 0.717) is 5.69 Å². The standard InChI is InChI=1S/C16H17BrN2O3S/c1-16(2,15(21)22)9-18-13(20)7-12-8-23-14(19-12)10-4-3-5-11(17)6-10/h3-6,8H,7,9H2,1-2H3,(H,18,20)(H,21,22). The molecule has 0 aliphatic heterocycles. The van der Waals surface area contributed by atoms with Crippen molar-refractivity contribution in [2.75, 3.05) is 6.54 Å². The van der Waals surface area contributed by atoms with Gasteiger partial charge in [0.1, 0.15) is 5.01 Å². The molecule has 2 N–H and O–H groups in total. The van der Waals surface area contributed by atoms with E-state index in [2.05, 4.69) is 26.2 Å². The van der Waals surface area contributed by atoms with Crippen molar-refractivity contribution in [1.82, 2.24) is 10.3 Å². The maximum Gasteiger partial charge on any atom is 0.310 e.